The Morgan fingerprint density at radius 3 is 2.36 bits per heavy atom. The van der Waals surface area contributed by atoms with E-state index in [4.69, 9.17) is 0 Å². The fourth-order valence-electron chi connectivity index (χ4n) is 4.32. The van der Waals surface area contributed by atoms with Gasteiger partial charge in [-0.05, 0) is 47.7 Å². The van der Waals surface area contributed by atoms with Gasteiger partial charge >= 0.3 is 0 Å². The van der Waals surface area contributed by atoms with Crippen molar-refractivity contribution in [2.24, 2.45) is 0 Å². The monoisotopic (exact) mass is 491 g/mol. The molecule has 0 saturated carbocycles. The maximum absolute atomic E-state index is 13.4. The third kappa shape index (κ3) is 6.13. The van der Waals surface area contributed by atoms with Gasteiger partial charge in [0.05, 0.1) is 6.42 Å². The van der Waals surface area contributed by atoms with Gasteiger partial charge < -0.3 is 15.5 Å². The van der Waals surface area contributed by atoms with E-state index in [1.54, 1.807) is 4.90 Å². The number of carbonyl (C=O) groups is 3. The third-order valence-electron chi connectivity index (χ3n) is 6.14. The van der Waals surface area contributed by atoms with E-state index in [1.807, 2.05) is 54.6 Å². The summed E-state index contributed by atoms with van der Waals surface area (Å²) in [6, 6.07) is 18.3. The van der Waals surface area contributed by atoms with E-state index in [0.717, 1.165) is 34.9 Å². The van der Waals surface area contributed by atoms with Crippen LogP contribution in [0.5, 0.6) is 0 Å². The number of hydrogen-bond donors (Lipinski definition) is 2. The lowest BCUT2D eigenvalue weighted by molar-refractivity contribution is -0.138. The van der Waals surface area contributed by atoms with Crippen molar-refractivity contribution in [3.8, 4) is 0 Å². The highest BCUT2D eigenvalue weighted by Gasteiger charge is 2.34. The van der Waals surface area contributed by atoms with Gasteiger partial charge in [-0.15, -0.1) is 0 Å². The fraction of sp³-hybridized carbons (Fsp3) is 0.250. The lowest BCUT2D eigenvalue weighted by Crippen LogP contribution is -2.51. The van der Waals surface area contributed by atoms with Gasteiger partial charge in [-0.2, -0.15) is 0 Å². The molecule has 0 aliphatic carbocycles. The molecule has 0 fully saturated rings. The van der Waals surface area contributed by atoms with Crippen LogP contribution in [0.1, 0.15) is 35.2 Å². The number of hydrogen-bond acceptors (Lipinski definition) is 3. The molecule has 0 aromatic heterocycles. The topological polar surface area (TPSA) is 78.5 Å². The molecule has 186 valence electrons. The zero-order valence-electron chi connectivity index (χ0n) is 19.8. The third-order valence-corrected chi connectivity index (χ3v) is 6.14. The van der Waals surface area contributed by atoms with Crippen LogP contribution in [0, 0.1) is 11.6 Å². The summed E-state index contributed by atoms with van der Waals surface area (Å²) in [5.74, 6) is -2.88. The maximum atomic E-state index is 13.4. The fourth-order valence-corrected chi connectivity index (χ4v) is 4.32. The predicted molar refractivity (Wildman–Crippen MR) is 131 cm³/mol. The average molecular weight is 492 g/mol. The standard InChI is InChI=1S/C28H27F2N3O3/c1-18(31-25(34)15-20-13-22(29)16-23(30)14-20)27(35)32-26-24-10-6-5-9-21(24)17-33(28(26)36)12-11-19-7-3-2-4-8-19/h2-10,13-14,16,18,26H,11-12,15,17H2,1H3,(H,31,34)(H,32,35). The van der Waals surface area contributed by atoms with E-state index in [-0.39, 0.29) is 17.9 Å². The molecule has 3 aromatic rings. The molecule has 3 aromatic carbocycles. The molecule has 1 aliphatic heterocycles. The average Bonchev–Trinajstić information content (AvgIpc) is 2.84. The van der Waals surface area contributed by atoms with Crippen LogP contribution in [-0.4, -0.2) is 35.2 Å². The van der Waals surface area contributed by atoms with Crippen molar-refractivity contribution in [2.75, 3.05) is 6.54 Å². The molecule has 0 saturated heterocycles. The van der Waals surface area contributed by atoms with Gasteiger partial charge in [0, 0.05) is 19.2 Å². The molecule has 2 atom stereocenters. The summed E-state index contributed by atoms with van der Waals surface area (Å²) in [4.78, 5) is 40.4. The highest BCUT2D eigenvalue weighted by atomic mass is 19.1. The van der Waals surface area contributed by atoms with Gasteiger partial charge in [-0.1, -0.05) is 54.6 Å². The summed E-state index contributed by atoms with van der Waals surface area (Å²) >= 11 is 0. The normalized spacial score (nSPS) is 15.7. The van der Waals surface area contributed by atoms with Crippen molar-refractivity contribution in [3.63, 3.8) is 0 Å². The van der Waals surface area contributed by atoms with Crippen LogP contribution in [0.4, 0.5) is 8.78 Å². The molecule has 6 nitrogen and oxygen atoms in total. The van der Waals surface area contributed by atoms with Crippen molar-refractivity contribution < 1.29 is 23.2 Å². The van der Waals surface area contributed by atoms with Gasteiger partial charge in [0.25, 0.3) is 0 Å². The second-order valence-corrected chi connectivity index (χ2v) is 8.88. The van der Waals surface area contributed by atoms with Gasteiger partial charge in [0.15, 0.2) is 0 Å². The second kappa shape index (κ2) is 11.1. The van der Waals surface area contributed by atoms with Crippen LogP contribution < -0.4 is 10.6 Å². The molecule has 2 unspecified atom stereocenters. The van der Waals surface area contributed by atoms with Crippen molar-refractivity contribution in [1.29, 1.82) is 0 Å². The Bertz CT molecular complexity index is 1250. The molecular weight excluding hydrogens is 464 g/mol. The van der Waals surface area contributed by atoms with Crippen LogP contribution >= 0.6 is 0 Å². The minimum Gasteiger partial charge on any atom is -0.344 e. The molecule has 0 radical (unpaired) electrons. The molecular formula is C28H27F2N3O3. The summed E-state index contributed by atoms with van der Waals surface area (Å²) in [5.41, 5.74) is 2.93. The molecule has 4 rings (SSSR count). The number of nitrogens with one attached hydrogen (secondary N) is 2. The Balaban J connectivity index is 1.41. The quantitative estimate of drug-likeness (QED) is 0.507. The second-order valence-electron chi connectivity index (χ2n) is 8.88. The number of carbonyl (C=O) groups excluding carboxylic acids is 3. The summed E-state index contributed by atoms with van der Waals surface area (Å²) in [7, 11) is 0. The van der Waals surface area contributed by atoms with Crippen LogP contribution in [0.15, 0.2) is 72.8 Å². The zero-order chi connectivity index (χ0) is 25.7. The molecule has 0 bridgehead atoms. The Morgan fingerprint density at radius 1 is 0.972 bits per heavy atom. The largest absolute Gasteiger partial charge is 0.344 e. The van der Waals surface area contributed by atoms with Gasteiger partial charge in [0.1, 0.15) is 23.7 Å². The lowest BCUT2D eigenvalue weighted by atomic mass is 9.94. The first-order valence-corrected chi connectivity index (χ1v) is 11.8. The smallest absolute Gasteiger partial charge is 0.250 e. The van der Waals surface area contributed by atoms with Crippen molar-refractivity contribution >= 4 is 17.7 Å². The molecule has 1 aliphatic rings. The van der Waals surface area contributed by atoms with E-state index in [2.05, 4.69) is 10.6 Å². The number of benzene rings is 3. The van der Waals surface area contributed by atoms with Crippen LogP contribution in [0.25, 0.3) is 0 Å². The van der Waals surface area contributed by atoms with Crippen molar-refractivity contribution in [3.05, 3.63) is 107 Å². The predicted octanol–water partition coefficient (Wildman–Crippen LogP) is 3.45. The van der Waals surface area contributed by atoms with Crippen LogP contribution in [0.3, 0.4) is 0 Å². The van der Waals surface area contributed by atoms with E-state index in [9.17, 15) is 23.2 Å². The number of amides is 3. The van der Waals surface area contributed by atoms with Crippen molar-refractivity contribution in [2.45, 2.75) is 38.4 Å². The Kier molecular flexibility index (Phi) is 7.73. The Labute approximate surface area is 208 Å². The van der Waals surface area contributed by atoms with E-state index < -0.39 is 35.5 Å². The van der Waals surface area contributed by atoms with Crippen LogP contribution in [-0.2, 0) is 33.8 Å². The molecule has 8 heteroatoms. The number of rotatable bonds is 8. The SMILES string of the molecule is CC(NC(=O)Cc1cc(F)cc(F)c1)C(=O)NC1C(=O)N(CCc2ccccc2)Cc2ccccc21. The molecule has 0 spiro atoms. The van der Waals surface area contributed by atoms with Gasteiger partial charge in [-0.25, -0.2) is 8.78 Å². The maximum Gasteiger partial charge on any atom is 0.250 e. The van der Waals surface area contributed by atoms with Gasteiger partial charge in [-0.3, -0.25) is 14.4 Å². The highest BCUT2D eigenvalue weighted by Crippen LogP contribution is 2.28. The minimum absolute atomic E-state index is 0.156. The summed E-state index contributed by atoms with van der Waals surface area (Å²) in [5, 5.41) is 5.31. The summed E-state index contributed by atoms with van der Waals surface area (Å²) in [6.45, 7) is 2.44. The molecule has 1 heterocycles. The first-order chi connectivity index (χ1) is 17.3. The summed E-state index contributed by atoms with van der Waals surface area (Å²) in [6.07, 6.45) is 0.396. The zero-order valence-corrected chi connectivity index (χ0v) is 19.8. The number of halogens is 2. The van der Waals surface area contributed by atoms with Crippen LogP contribution in [0.2, 0.25) is 0 Å². The van der Waals surface area contributed by atoms with Crippen molar-refractivity contribution in [1.82, 2.24) is 15.5 Å². The first-order valence-electron chi connectivity index (χ1n) is 11.8. The first kappa shape index (κ1) is 25.0. The molecule has 2 N–H and O–H groups in total. The highest BCUT2D eigenvalue weighted by molar-refractivity contribution is 5.93. The number of nitrogens with zero attached hydrogens (tertiary/aromatic N) is 1. The Morgan fingerprint density at radius 2 is 1.64 bits per heavy atom. The Hall–Kier alpha value is -4.07. The van der Waals surface area contributed by atoms with E-state index in [1.165, 1.54) is 6.92 Å². The minimum atomic E-state index is -0.962. The number of fused-ring (bicyclic) bond motifs is 1. The van der Waals surface area contributed by atoms with Gasteiger partial charge in [0.2, 0.25) is 17.7 Å². The van der Waals surface area contributed by atoms with E-state index >= 15 is 0 Å². The van der Waals surface area contributed by atoms with E-state index in [0.29, 0.717) is 19.5 Å². The summed E-state index contributed by atoms with van der Waals surface area (Å²) < 4.78 is 26.8. The lowest BCUT2D eigenvalue weighted by Gasteiger charge is -2.35. The molecule has 3 amide bonds. The molecule has 36 heavy (non-hydrogen) atoms.